The fourth-order valence-corrected chi connectivity index (χ4v) is 4.87. The molecule has 2 amide bonds. The van der Waals surface area contributed by atoms with Crippen LogP contribution in [0.2, 0.25) is 5.02 Å². The van der Waals surface area contributed by atoms with E-state index in [2.05, 4.69) is 15.4 Å². The van der Waals surface area contributed by atoms with Gasteiger partial charge in [0, 0.05) is 43.8 Å². The average Bonchev–Trinajstić information content (AvgIpc) is 3.20. The maximum atomic E-state index is 12.9. The molecule has 49 heavy (non-hydrogen) atoms. The smallest absolute Gasteiger partial charge is 0.465 e. The molecule has 270 valence electrons. The highest BCUT2D eigenvalue weighted by Crippen LogP contribution is 2.37. The molecule has 2 aromatic carbocycles. The lowest BCUT2D eigenvalue weighted by atomic mass is 9.77. The Morgan fingerprint density at radius 1 is 0.980 bits per heavy atom. The van der Waals surface area contributed by atoms with E-state index in [0.717, 1.165) is 6.07 Å². The van der Waals surface area contributed by atoms with Gasteiger partial charge in [0.15, 0.2) is 0 Å². The van der Waals surface area contributed by atoms with E-state index in [4.69, 9.17) is 30.4 Å². The lowest BCUT2D eigenvalue weighted by Crippen LogP contribution is -2.41. The number of anilines is 1. The Kier molecular flexibility index (Phi) is 12.9. The average molecular weight is 714 g/mol. The number of nitrogens with zero attached hydrogens (tertiary/aromatic N) is 1. The minimum atomic E-state index is -4.91. The van der Waals surface area contributed by atoms with Crippen molar-refractivity contribution >= 4 is 47.8 Å². The van der Waals surface area contributed by atoms with E-state index in [1.807, 2.05) is 27.7 Å². The van der Waals surface area contributed by atoms with E-state index in [1.165, 1.54) is 24.1 Å². The quantitative estimate of drug-likeness (QED) is 0.145. The molecule has 0 unspecified atom stereocenters. The number of halogens is 4. The number of carbonyl (C=O) groups is 3. The summed E-state index contributed by atoms with van der Waals surface area (Å²) in [7, 11) is 0.630. The summed E-state index contributed by atoms with van der Waals surface area (Å²) in [5.41, 5.74) is 0.130. The van der Waals surface area contributed by atoms with Crippen molar-refractivity contribution in [3.8, 4) is 5.75 Å². The second-order valence-corrected chi connectivity index (χ2v) is 13.9. The third-order valence-corrected chi connectivity index (χ3v) is 8.12. The van der Waals surface area contributed by atoms with Crippen LogP contribution in [0.25, 0.3) is 0 Å². The fourth-order valence-electron chi connectivity index (χ4n) is 4.63. The van der Waals surface area contributed by atoms with Crippen LogP contribution in [0.15, 0.2) is 36.4 Å². The van der Waals surface area contributed by atoms with Crippen molar-refractivity contribution in [2.45, 2.75) is 91.0 Å². The van der Waals surface area contributed by atoms with E-state index < -0.39 is 48.1 Å². The van der Waals surface area contributed by atoms with Gasteiger partial charge in [-0.3, -0.25) is 4.79 Å². The van der Waals surface area contributed by atoms with Crippen LogP contribution in [-0.2, 0) is 30.1 Å². The number of benzene rings is 2. The van der Waals surface area contributed by atoms with Gasteiger partial charge in [-0.1, -0.05) is 23.7 Å². The van der Waals surface area contributed by atoms with Gasteiger partial charge in [-0.25, -0.2) is 9.59 Å². The third-order valence-electron chi connectivity index (χ3n) is 7.83. The first kappa shape index (κ1) is 39.8. The lowest BCUT2D eigenvalue weighted by molar-refractivity contribution is -0.274. The first-order valence-electron chi connectivity index (χ1n) is 15.7. The van der Waals surface area contributed by atoms with Crippen molar-refractivity contribution in [3.05, 3.63) is 52.5 Å². The molecule has 0 aliphatic carbocycles. The molecule has 1 fully saturated rings. The molecular formula is C33H44BClF3N3O8. The molecule has 0 spiro atoms. The molecule has 2 N–H and O–H groups in total. The minimum Gasteiger partial charge on any atom is -0.465 e. The van der Waals surface area contributed by atoms with Crippen LogP contribution < -0.4 is 20.8 Å². The van der Waals surface area contributed by atoms with Gasteiger partial charge >= 0.3 is 25.5 Å². The van der Waals surface area contributed by atoms with E-state index in [1.54, 1.807) is 39.0 Å². The number of methoxy groups -OCH3 is 1. The molecular weight excluding hydrogens is 670 g/mol. The molecule has 3 rings (SSSR count). The summed E-state index contributed by atoms with van der Waals surface area (Å²) in [6.07, 6.45) is -5.17. The van der Waals surface area contributed by atoms with Crippen LogP contribution in [0.3, 0.4) is 0 Å². The van der Waals surface area contributed by atoms with E-state index in [-0.39, 0.29) is 30.4 Å². The summed E-state index contributed by atoms with van der Waals surface area (Å²) in [6, 6.07) is 8.73. The van der Waals surface area contributed by atoms with Crippen molar-refractivity contribution in [2.24, 2.45) is 0 Å². The van der Waals surface area contributed by atoms with Crippen LogP contribution in [0.1, 0.15) is 77.2 Å². The number of carbonyl (C=O) groups excluding carboxylic acids is 3. The minimum absolute atomic E-state index is 0.0326. The Morgan fingerprint density at radius 2 is 1.63 bits per heavy atom. The second kappa shape index (κ2) is 15.9. The molecule has 2 aromatic rings. The summed E-state index contributed by atoms with van der Waals surface area (Å²) >= 11 is 5.98. The summed E-state index contributed by atoms with van der Waals surface area (Å²) < 4.78 is 64.6. The van der Waals surface area contributed by atoms with E-state index in [9.17, 15) is 27.6 Å². The Hall–Kier alpha value is -3.69. The number of nitrogens with one attached hydrogen (secondary N) is 2. The maximum Gasteiger partial charge on any atom is 0.573 e. The summed E-state index contributed by atoms with van der Waals surface area (Å²) in [6.45, 7) is 13.5. The number of ether oxygens (including phenoxy) is 3. The molecule has 11 nitrogen and oxygen atoms in total. The zero-order chi connectivity index (χ0) is 36.8. The van der Waals surface area contributed by atoms with Crippen LogP contribution in [-0.4, -0.2) is 79.9 Å². The predicted octanol–water partition coefficient (Wildman–Crippen LogP) is 6.07. The van der Waals surface area contributed by atoms with Gasteiger partial charge in [-0.05, 0) is 84.7 Å². The van der Waals surface area contributed by atoms with E-state index >= 15 is 0 Å². The third kappa shape index (κ3) is 11.7. The van der Waals surface area contributed by atoms with Gasteiger partial charge in [0.1, 0.15) is 11.4 Å². The predicted molar refractivity (Wildman–Crippen MR) is 179 cm³/mol. The molecule has 1 aliphatic heterocycles. The lowest BCUT2D eigenvalue weighted by Gasteiger charge is -2.32. The Bertz CT molecular complexity index is 1480. The second-order valence-electron chi connectivity index (χ2n) is 13.5. The highest BCUT2D eigenvalue weighted by molar-refractivity contribution is 6.64. The van der Waals surface area contributed by atoms with Crippen molar-refractivity contribution in [1.29, 1.82) is 0 Å². The van der Waals surface area contributed by atoms with E-state index in [0.29, 0.717) is 41.8 Å². The number of hydrogen-bond donors (Lipinski definition) is 2. The normalized spacial score (nSPS) is 15.4. The van der Waals surface area contributed by atoms with Gasteiger partial charge in [-0.15, -0.1) is 13.2 Å². The standard InChI is InChI=1S/C33H44BClF3N3O8/c1-30(2,3)47-29(44)41(20-21-10-13-26(24(35)18-21)46-33(36,37)38)17-14-27(42)40-16-9-15-39-25-19-22(28(43)45-8)11-12-23(25)34-48-31(4,5)32(6,7)49-34/h10-13,18-19,39H,9,14-17,20H2,1-8H3,(H,40,42). The molecule has 0 aromatic heterocycles. The largest absolute Gasteiger partial charge is 0.573 e. The van der Waals surface area contributed by atoms with Crippen LogP contribution in [0, 0.1) is 0 Å². The zero-order valence-corrected chi connectivity index (χ0v) is 29.8. The number of esters is 1. The van der Waals surface area contributed by atoms with Crippen molar-refractivity contribution in [1.82, 2.24) is 10.2 Å². The first-order valence-corrected chi connectivity index (χ1v) is 16.1. The summed E-state index contributed by atoms with van der Waals surface area (Å²) in [5, 5.41) is 5.83. The van der Waals surface area contributed by atoms with Crippen molar-refractivity contribution in [3.63, 3.8) is 0 Å². The SMILES string of the molecule is COC(=O)c1ccc(B2OC(C)(C)C(C)(C)O2)c(NCCCNC(=O)CCN(Cc2ccc(OC(F)(F)F)c(Cl)c2)C(=O)OC(C)(C)C)c1. The molecule has 0 saturated carbocycles. The summed E-state index contributed by atoms with van der Waals surface area (Å²) in [4.78, 5) is 39.2. The Balaban J connectivity index is 1.58. The Morgan fingerprint density at radius 3 is 2.20 bits per heavy atom. The number of amides is 2. The van der Waals surface area contributed by atoms with Crippen LogP contribution in [0.4, 0.5) is 23.7 Å². The number of rotatable bonds is 13. The molecule has 16 heteroatoms. The van der Waals surface area contributed by atoms with Gasteiger partial charge in [0.05, 0.1) is 28.9 Å². The van der Waals surface area contributed by atoms with Gasteiger partial charge in [0.2, 0.25) is 5.91 Å². The molecule has 0 atom stereocenters. The topological polar surface area (TPSA) is 125 Å². The van der Waals surface area contributed by atoms with Crippen molar-refractivity contribution < 1.29 is 51.1 Å². The molecule has 0 radical (unpaired) electrons. The van der Waals surface area contributed by atoms with Crippen LogP contribution >= 0.6 is 11.6 Å². The van der Waals surface area contributed by atoms with Crippen molar-refractivity contribution in [2.75, 3.05) is 32.1 Å². The molecule has 1 heterocycles. The first-order chi connectivity index (χ1) is 22.6. The molecule has 1 aliphatic rings. The van der Waals surface area contributed by atoms with Gasteiger partial charge < -0.3 is 39.1 Å². The van der Waals surface area contributed by atoms with Gasteiger partial charge in [0.25, 0.3) is 0 Å². The number of hydrogen-bond acceptors (Lipinski definition) is 9. The number of alkyl halides is 3. The fraction of sp³-hybridized carbons (Fsp3) is 0.545. The van der Waals surface area contributed by atoms with Crippen LogP contribution in [0.5, 0.6) is 5.75 Å². The summed E-state index contributed by atoms with van der Waals surface area (Å²) in [5.74, 6) is -1.39. The van der Waals surface area contributed by atoms with Gasteiger partial charge in [-0.2, -0.15) is 0 Å². The highest BCUT2D eigenvalue weighted by atomic mass is 35.5. The monoisotopic (exact) mass is 713 g/mol. The molecule has 1 saturated heterocycles. The highest BCUT2D eigenvalue weighted by Gasteiger charge is 2.52. The Labute approximate surface area is 290 Å². The zero-order valence-electron chi connectivity index (χ0n) is 29.0. The molecule has 0 bridgehead atoms. The maximum absolute atomic E-state index is 12.9.